The predicted molar refractivity (Wildman–Crippen MR) is 58.6 cm³/mol. The van der Waals surface area contributed by atoms with Crippen molar-refractivity contribution in [3.05, 3.63) is 18.0 Å². The number of aliphatic hydroxyl groups is 1. The fourth-order valence-electron chi connectivity index (χ4n) is 1.60. The summed E-state index contributed by atoms with van der Waals surface area (Å²) in [6, 6.07) is 1.83. The Labute approximate surface area is 90.9 Å². The van der Waals surface area contributed by atoms with Gasteiger partial charge >= 0.3 is 0 Å². The van der Waals surface area contributed by atoms with Gasteiger partial charge in [-0.25, -0.2) is 0 Å². The maximum absolute atomic E-state index is 10.3. The Bertz CT molecular complexity index is 305. The quantitative estimate of drug-likeness (QED) is 0.809. The van der Waals surface area contributed by atoms with Gasteiger partial charge in [0.25, 0.3) is 0 Å². The van der Waals surface area contributed by atoms with Crippen LogP contribution in [0.5, 0.6) is 0 Å². The third kappa shape index (κ3) is 2.21. The Hall–Kier alpha value is -0.870. The molecular formula is C11H20N2O2. The van der Waals surface area contributed by atoms with Crippen LogP contribution in [0, 0.1) is 0 Å². The monoisotopic (exact) mass is 212 g/mol. The van der Waals surface area contributed by atoms with Crippen molar-refractivity contribution in [2.45, 2.75) is 45.4 Å². The summed E-state index contributed by atoms with van der Waals surface area (Å²) < 4.78 is 7.17. The SMILES string of the molecule is CCn1nccc1C(O)C(C)(CC)OC. The number of ether oxygens (including phenoxy) is 1. The summed E-state index contributed by atoms with van der Waals surface area (Å²) >= 11 is 0. The highest BCUT2D eigenvalue weighted by Crippen LogP contribution is 2.31. The second-order valence-corrected chi connectivity index (χ2v) is 3.84. The fourth-order valence-corrected chi connectivity index (χ4v) is 1.60. The Morgan fingerprint density at radius 2 is 2.27 bits per heavy atom. The molecule has 0 spiro atoms. The number of aliphatic hydroxyl groups excluding tert-OH is 1. The smallest absolute Gasteiger partial charge is 0.124 e. The molecule has 0 aliphatic heterocycles. The van der Waals surface area contributed by atoms with E-state index in [9.17, 15) is 5.11 Å². The first kappa shape index (κ1) is 12.2. The van der Waals surface area contributed by atoms with Crippen LogP contribution in [-0.2, 0) is 11.3 Å². The molecular weight excluding hydrogens is 192 g/mol. The lowest BCUT2D eigenvalue weighted by Crippen LogP contribution is -2.35. The summed E-state index contributed by atoms with van der Waals surface area (Å²) in [6.07, 6.45) is 1.81. The first-order valence-corrected chi connectivity index (χ1v) is 5.34. The van der Waals surface area contributed by atoms with Gasteiger partial charge < -0.3 is 9.84 Å². The maximum Gasteiger partial charge on any atom is 0.124 e. The van der Waals surface area contributed by atoms with Crippen molar-refractivity contribution < 1.29 is 9.84 Å². The van der Waals surface area contributed by atoms with Gasteiger partial charge in [0.1, 0.15) is 6.10 Å². The summed E-state index contributed by atoms with van der Waals surface area (Å²) in [5.74, 6) is 0. The summed E-state index contributed by atoms with van der Waals surface area (Å²) in [5.41, 5.74) is 0.260. The average molecular weight is 212 g/mol. The van der Waals surface area contributed by atoms with E-state index < -0.39 is 11.7 Å². The van der Waals surface area contributed by atoms with E-state index in [0.717, 1.165) is 18.7 Å². The molecule has 0 radical (unpaired) electrons. The Kier molecular flexibility index (Phi) is 3.88. The zero-order valence-electron chi connectivity index (χ0n) is 9.90. The molecule has 4 nitrogen and oxygen atoms in total. The van der Waals surface area contributed by atoms with Crippen molar-refractivity contribution in [3.63, 3.8) is 0 Å². The summed E-state index contributed by atoms with van der Waals surface area (Å²) in [7, 11) is 1.62. The Morgan fingerprint density at radius 1 is 1.60 bits per heavy atom. The molecule has 4 heteroatoms. The first-order chi connectivity index (χ1) is 7.09. The van der Waals surface area contributed by atoms with Crippen LogP contribution in [0.2, 0.25) is 0 Å². The summed E-state index contributed by atoms with van der Waals surface area (Å²) in [5, 5.41) is 14.4. The molecule has 0 aliphatic carbocycles. The van der Waals surface area contributed by atoms with Gasteiger partial charge in [0, 0.05) is 19.9 Å². The number of methoxy groups -OCH3 is 1. The Balaban J connectivity index is 2.97. The highest BCUT2D eigenvalue weighted by molar-refractivity contribution is 5.09. The molecule has 2 atom stereocenters. The van der Waals surface area contributed by atoms with Gasteiger partial charge in [-0.1, -0.05) is 6.92 Å². The third-order valence-electron chi connectivity index (χ3n) is 3.08. The van der Waals surface area contributed by atoms with Gasteiger partial charge in [-0.05, 0) is 26.3 Å². The van der Waals surface area contributed by atoms with Crippen molar-refractivity contribution in [3.8, 4) is 0 Å². The fraction of sp³-hybridized carbons (Fsp3) is 0.727. The number of hydrogen-bond acceptors (Lipinski definition) is 3. The molecule has 0 saturated heterocycles. The lowest BCUT2D eigenvalue weighted by molar-refractivity contribution is -0.0974. The van der Waals surface area contributed by atoms with E-state index in [0.29, 0.717) is 0 Å². The van der Waals surface area contributed by atoms with Crippen LogP contribution < -0.4 is 0 Å². The minimum Gasteiger partial charge on any atom is -0.384 e. The summed E-state index contributed by atoms with van der Waals surface area (Å²) in [4.78, 5) is 0. The van der Waals surface area contributed by atoms with Crippen LogP contribution in [-0.4, -0.2) is 27.6 Å². The second kappa shape index (κ2) is 4.77. The highest BCUT2D eigenvalue weighted by atomic mass is 16.5. The molecule has 1 rings (SSSR count). The van der Waals surface area contributed by atoms with E-state index in [-0.39, 0.29) is 0 Å². The molecule has 0 fully saturated rings. The van der Waals surface area contributed by atoms with Gasteiger partial charge in [0.15, 0.2) is 0 Å². The zero-order valence-corrected chi connectivity index (χ0v) is 9.90. The van der Waals surface area contributed by atoms with E-state index in [1.165, 1.54) is 0 Å². The minimum absolute atomic E-state index is 0.549. The molecule has 0 amide bonds. The topological polar surface area (TPSA) is 47.3 Å². The molecule has 0 aliphatic rings. The van der Waals surface area contributed by atoms with E-state index in [4.69, 9.17) is 4.74 Å². The van der Waals surface area contributed by atoms with Crippen molar-refractivity contribution in [1.82, 2.24) is 9.78 Å². The molecule has 15 heavy (non-hydrogen) atoms. The van der Waals surface area contributed by atoms with Gasteiger partial charge in [-0.2, -0.15) is 5.10 Å². The molecule has 0 aromatic carbocycles. The van der Waals surface area contributed by atoms with Crippen LogP contribution in [0.1, 0.15) is 39.0 Å². The molecule has 0 bridgehead atoms. The normalized spacial score (nSPS) is 17.4. The lowest BCUT2D eigenvalue weighted by Gasteiger charge is -2.32. The van der Waals surface area contributed by atoms with Crippen molar-refractivity contribution in [2.75, 3.05) is 7.11 Å². The van der Waals surface area contributed by atoms with Gasteiger partial charge in [0.2, 0.25) is 0 Å². The average Bonchev–Trinajstić information content (AvgIpc) is 2.74. The van der Waals surface area contributed by atoms with Crippen LogP contribution in [0.3, 0.4) is 0 Å². The molecule has 86 valence electrons. The van der Waals surface area contributed by atoms with E-state index in [1.54, 1.807) is 18.0 Å². The molecule has 1 N–H and O–H groups in total. The largest absolute Gasteiger partial charge is 0.384 e. The number of aryl methyl sites for hydroxylation is 1. The standard InChI is InChI=1S/C11H20N2O2/c1-5-11(3,15-4)10(14)9-7-8-12-13(9)6-2/h7-8,10,14H,5-6H2,1-4H3. The molecule has 0 saturated carbocycles. The van der Waals surface area contributed by atoms with E-state index in [2.05, 4.69) is 5.10 Å². The van der Waals surface area contributed by atoms with Crippen molar-refractivity contribution in [2.24, 2.45) is 0 Å². The zero-order chi connectivity index (χ0) is 11.5. The van der Waals surface area contributed by atoms with Crippen LogP contribution in [0.4, 0.5) is 0 Å². The molecule has 1 aromatic heterocycles. The lowest BCUT2D eigenvalue weighted by atomic mass is 9.93. The van der Waals surface area contributed by atoms with Crippen molar-refractivity contribution in [1.29, 1.82) is 0 Å². The summed E-state index contributed by atoms with van der Waals surface area (Å²) in [6.45, 7) is 6.66. The van der Waals surface area contributed by atoms with E-state index >= 15 is 0 Å². The number of nitrogens with zero attached hydrogens (tertiary/aromatic N) is 2. The predicted octanol–water partition coefficient (Wildman–Crippen LogP) is 1.75. The number of hydrogen-bond donors (Lipinski definition) is 1. The molecule has 1 heterocycles. The van der Waals surface area contributed by atoms with Crippen LogP contribution in [0.15, 0.2) is 12.3 Å². The highest BCUT2D eigenvalue weighted by Gasteiger charge is 2.34. The number of aromatic nitrogens is 2. The maximum atomic E-state index is 10.3. The van der Waals surface area contributed by atoms with Gasteiger partial charge in [-0.15, -0.1) is 0 Å². The minimum atomic E-state index is -0.644. The number of rotatable bonds is 5. The second-order valence-electron chi connectivity index (χ2n) is 3.84. The molecule has 2 unspecified atom stereocenters. The molecule has 1 aromatic rings. The van der Waals surface area contributed by atoms with Gasteiger partial charge in [0.05, 0.1) is 11.3 Å². The van der Waals surface area contributed by atoms with Crippen LogP contribution in [0.25, 0.3) is 0 Å². The first-order valence-electron chi connectivity index (χ1n) is 5.34. The van der Waals surface area contributed by atoms with Crippen molar-refractivity contribution >= 4 is 0 Å². The van der Waals surface area contributed by atoms with E-state index in [1.807, 2.05) is 26.8 Å². The third-order valence-corrected chi connectivity index (χ3v) is 3.08. The Morgan fingerprint density at radius 3 is 2.73 bits per heavy atom. The van der Waals surface area contributed by atoms with Gasteiger partial charge in [-0.3, -0.25) is 4.68 Å². The van der Waals surface area contributed by atoms with Crippen LogP contribution >= 0.6 is 0 Å².